The van der Waals surface area contributed by atoms with Gasteiger partial charge in [0, 0.05) is 12.5 Å². The second-order valence-electron chi connectivity index (χ2n) is 11.0. The number of nitrogens with zero attached hydrogens (tertiary/aromatic N) is 1. The second kappa shape index (κ2) is 8.93. The molecular formula is C24H37N4O5S. The third kappa shape index (κ3) is 4.63. The Bertz CT molecular complexity index is 991. The normalized spacial score (nSPS) is 39.1. The monoisotopic (exact) mass is 493 g/mol. The molecule has 6 atom stereocenters. The maximum atomic E-state index is 13.3. The summed E-state index contributed by atoms with van der Waals surface area (Å²) >= 11 is 0. The van der Waals surface area contributed by atoms with Crippen molar-refractivity contribution in [3.63, 3.8) is 0 Å². The van der Waals surface area contributed by atoms with E-state index in [2.05, 4.69) is 17.0 Å². The van der Waals surface area contributed by atoms with Crippen LogP contribution in [0.25, 0.3) is 0 Å². The highest BCUT2D eigenvalue weighted by molar-refractivity contribution is 7.91. The molecule has 0 aromatic heterocycles. The Kier molecular flexibility index (Phi) is 6.61. The summed E-state index contributed by atoms with van der Waals surface area (Å²) < 4.78 is 26.7. The standard InChI is InChI=1S/C24H37N4O5S/c1-15-7-4-5-8-17-14-24(17,22(31)27-34(32,33)23(3)10-11-23)26-20(29)18-9-6-12-28(18)21(30)19(25)16(2)13-15/h5-6,8,15-19H,4,7,9-14,25H2,1-3H3,(H,26,29)(H,27,31)/b8-5-/t15?,16-,17-,18+,19+,24-/m1/s1. The van der Waals surface area contributed by atoms with Crippen LogP contribution in [0.4, 0.5) is 0 Å². The number of allylic oxidation sites excluding steroid dienone is 1. The summed E-state index contributed by atoms with van der Waals surface area (Å²) in [4.78, 5) is 41.2. The van der Waals surface area contributed by atoms with Crippen LogP contribution in [-0.4, -0.2) is 60.0 Å². The Morgan fingerprint density at radius 3 is 2.65 bits per heavy atom. The number of hydrogen-bond acceptors (Lipinski definition) is 6. The number of rotatable bonds is 3. The van der Waals surface area contributed by atoms with E-state index in [-0.39, 0.29) is 17.7 Å². The van der Waals surface area contributed by atoms with Crippen LogP contribution < -0.4 is 15.8 Å². The minimum atomic E-state index is -3.84. The van der Waals surface area contributed by atoms with E-state index in [0.717, 1.165) is 19.3 Å². The molecule has 2 aliphatic carbocycles. The molecule has 4 rings (SSSR count). The van der Waals surface area contributed by atoms with E-state index >= 15 is 0 Å². The van der Waals surface area contributed by atoms with Gasteiger partial charge < -0.3 is 16.0 Å². The molecular weight excluding hydrogens is 456 g/mol. The number of nitrogens with one attached hydrogen (secondary N) is 2. The lowest BCUT2D eigenvalue weighted by Crippen LogP contribution is -2.58. The summed E-state index contributed by atoms with van der Waals surface area (Å²) in [5, 5.41) is 2.84. The first-order valence-corrected chi connectivity index (χ1v) is 13.8. The van der Waals surface area contributed by atoms with Gasteiger partial charge in [-0.25, -0.2) is 8.42 Å². The first-order chi connectivity index (χ1) is 15.9. The third-order valence-electron chi connectivity index (χ3n) is 8.14. The smallest absolute Gasteiger partial charge is 0.259 e. The van der Waals surface area contributed by atoms with Crippen LogP contribution in [-0.2, 0) is 24.4 Å². The highest BCUT2D eigenvalue weighted by atomic mass is 32.2. The minimum absolute atomic E-state index is 0.0274. The summed E-state index contributed by atoms with van der Waals surface area (Å²) in [7, 11) is -3.84. The van der Waals surface area contributed by atoms with E-state index in [9.17, 15) is 22.8 Å². The lowest BCUT2D eigenvalue weighted by molar-refractivity contribution is -0.141. The summed E-state index contributed by atoms with van der Waals surface area (Å²) in [5.74, 6) is -1.38. The van der Waals surface area contributed by atoms with E-state index < -0.39 is 44.2 Å². The van der Waals surface area contributed by atoms with Gasteiger partial charge in [-0.1, -0.05) is 26.0 Å². The van der Waals surface area contributed by atoms with Gasteiger partial charge in [-0.05, 0) is 70.1 Å². The van der Waals surface area contributed by atoms with Crippen molar-refractivity contribution in [3.05, 3.63) is 18.6 Å². The van der Waals surface area contributed by atoms with Gasteiger partial charge in [0.05, 0.1) is 10.8 Å². The fraction of sp³-hybridized carbons (Fsp3) is 0.750. The van der Waals surface area contributed by atoms with Crippen LogP contribution in [0.5, 0.6) is 0 Å². The molecule has 10 heteroatoms. The molecule has 3 fully saturated rings. The van der Waals surface area contributed by atoms with Crippen LogP contribution in [0, 0.1) is 24.2 Å². The van der Waals surface area contributed by atoms with E-state index in [1.54, 1.807) is 6.92 Å². The number of carbonyl (C=O) groups is 3. The number of hydrogen-bond donors (Lipinski definition) is 3. The van der Waals surface area contributed by atoms with Crippen LogP contribution in [0.1, 0.15) is 65.7 Å². The topological polar surface area (TPSA) is 139 Å². The Hall–Kier alpha value is -1.94. The molecule has 0 aromatic carbocycles. The lowest BCUT2D eigenvalue weighted by Gasteiger charge is -2.31. The molecule has 2 aliphatic heterocycles. The zero-order valence-electron chi connectivity index (χ0n) is 20.2. The average Bonchev–Trinajstić information content (AvgIpc) is 3.62. The van der Waals surface area contributed by atoms with Crippen molar-refractivity contribution in [3.8, 4) is 0 Å². The van der Waals surface area contributed by atoms with Gasteiger partial charge in [-0.3, -0.25) is 19.1 Å². The summed E-state index contributed by atoms with van der Waals surface area (Å²) in [6.45, 7) is 6.04. The average molecular weight is 494 g/mol. The van der Waals surface area contributed by atoms with Crippen LogP contribution in [0.2, 0.25) is 0 Å². The molecule has 3 amide bonds. The van der Waals surface area contributed by atoms with Crippen molar-refractivity contribution < 1.29 is 22.8 Å². The van der Waals surface area contributed by atoms with Gasteiger partial charge >= 0.3 is 0 Å². The van der Waals surface area contributed by atoms with Crippen molar-refractivity contribution in [2.75, 3.05) is 6.54 Å². The number of amides is 3. The lowest BCUT2D eigenvalue weighted by atomic mass is 9.88. The zero-order chi connectivity index (χ0) is 24.9. The molecule has 1 radical (unpaired) electrons. The summed E-state index contributed by atoms with van der Waals surface area (Å²) in [5.41, 5.74) is 4.98. The second-order valence-corrected chi connectivity index (χ2v) is 13.2. The molecule has 2 heterocycles. The molecule has 189 valence electrons. The molecule has 4 aliphatic rings. The van der Waals surface area contributed by atoms with Crippen LogP contribution in [0.3, 0.4) is 0 Å². The molecule has 4 N–H and O–H groups in total. The van der Waals surface area contributed by atoms with E-state index in [0.29, 0.717) is 38.1 Å². The van der Waals surface area contributed by atoms with Crippen molar-refractivity contribution >= 4 is 27.7 Å². The predicted molar refractivity (Wildman–Crippen MR) is 127 cm³/mol. The van der Waals surface area contributed by atoms with Crippen molar-refractivity contribution in [2.24, 2.45) is 23.5 Å². The van der Waals surface area contributed by atoms with Gasteiger partial charge in [0.25, 0.3) is 5.91 Å². The predicted octanol–water partition coefficient (Wildman–Crippen LogP) is 1.00. The first kappa shape index (κ1) is 25.2. The van der Waals surface area contributed by atoms with Crippen LogP contribution in [0.15, 0.2) is 12.2 Å². The number of carbonyl (C=O) groups excluding carboxylic acids is 3. The highest BCUT2D eigenvalue weighted by Crippen LogP contribution is 2.47. The minimum Gasteiger partial charge on any atom is -0.339 e. The Balaban J connectivity index is 1.59. The molecule has 0 spiro atoms. The van der Waals surface area contributed by atoms with Crippen molar-refractivity contribution in [1.29, 1.82) is 0 Å². The van der Waals surface area contributed by atoms with Gasteiger partial charge in [0.2, 0.25) is 21.8 Å². The Morgan fingerprint density at radius 2 is 1.97 bits per heavy atom. The third-order valence-corrected chi connectivity index (χ3v) is 10.3. The largest absolute Gasteiger partial charge is 0.339 e. The number of fused-ring (bicyclic) bond motifs is 2. The Labute approximate surface area is 202 Å². The summed E-state index contributed by atoms with van der Waals surface area (Å²) in [6.07, 6.45) is 9.98. The molecule has 34 heavy (non-hydrogen) atoms. The van der Waals surface area contributed by atoms with Crippen molar-refractivity contribution in [1.82, 2.24) is 14.9 Å². The summed E-state index contributed by atoms with van der Waals surface area (Å²) in [6, 6.07) is -1.47. The Morgan fingerprint density at radius 1 is 1.26 bits per heavy atom. The van der Waals surface area contributed by atoms with Gasteiger partial charge in [-0.2, -0.15) is 0 Å². The fourth-order valence-corrected chi connectivity index (χ4v) is 6.47. The molecule has 9 nitrogen and oxygen atoms in total. The molecule has 1 saturated heterocycles. The number of nitrogens with two attached hydrogens (primary N) is 1. The fourth-order valence-electron chi connectivity index (χ4n) is 5.16. The van der Waals surface area contributed by atoms with E-state index in [1.807, 2.05) is 25.5 Å². The molecule has 0 aromatic rings. The molecule has 1 unspecified atom stereocenters. The van der Waals surface area contributed by atoms with Crippen LogP contribution >= 0.6 is 0 Å². The van der Waals surface area contributed by atoms with Crippen molar-refractivity contribution in [2.45, 2.75) is 88.1 Å². The van der Waals surface area contributed by atoms with E-state index in [1.165, 1.54) is 4.90 Å². The molecule has 0 bridgehead atoms. The van der Waals surface area contributed by atoms with E-state index in [4.69, 9.17) is 5.73 Å². The van der Waals surface area contributed by atoms with Gasteiger partial charge in [-0.15, -0.1) is 0 Å². The highest BCUT2D eigenvalue weighted by Gasteiger charge is 2.62. The first-order valence-electron chi connectivity index (χ1n) is 12.3. The number of sulfonamides is 1. The maximum absolute atomic E-state index is 13.3. The van der Waals surface area contributed by atoms with Gasteiger partial charge in [0.1, 0.15) is 11.6 Å². The zero-order valence-corrected chi connectivity index (χ0v) is 21.1. The SMILES string of the molecule is CC1CC/C=C\[C@@H]2C[C@@]2(C(=O)NS(=O)(=O)C2(C)CC2)NC(=O)[C@@H]2C[CH]CN2C(=O)[C@@H](N)[C@H](C)C1. The van der Waals surface area contributed by atoms with Gasteiger partial charge in [0.15, 0.2) is 0 Å². The quantitative estimate of drug-likeness (QED) is 0.502. The molecule has 2 saturated carbocycles. The maximum Gasteiger partial charge on any atom is 0.259 e.